The molecule has 5 heteroatoms. The van der Waals surface area contributed by atoms with Crippen LogP contribution in [-0.2, 0) is 4.79 Å². The van der Waals surface area contributed by atoms with Gasteiger partial charge < -0.3 is 15.3 Å². The zero-order valence-corrected chi connectivity index (χ0v) is 13.0. The predicted octanol–water partition coefficient (Wildman–Crippen LogP) is 3.03. The van der Waals surface area contributed by atoms with Crippen molar-refractivity contribution in [2.24, 2.45) is 5.92 Å². The van der Waals surface area contributed by atoms with E-state index in [0.717, 1.165) is 12.1 Å². The van der Waals surface area contributed by atoms with Gasteiger partial charge in [-0.3, -0.25) is 4.79 Å². The second-order valence-electron chi connectivity index (χ2n) is 5.91. The number of amides is 2. The van der Waals surface area contributed by atoms with Gasteiger partial charge in [0.1, 0.15) is 0 Å². The van der Waals surface area contributed by atoms with E-state index in [1.54, 1.807) is 0 Å². The lowest BCUT2D eigenvalue weighted by Crippen LogP contribution is -2.45. The Hall–Kier alpha value is -2.04. The van der Waals surface area contributed by atoms with Gasteiger partial charge in [0.05, 0.1) is 12.5 Å². The van der Waals surface area contributed by atoms with Gasteiger partial charge in [-0.1, -0.05) is 36.8 Å². The molecule has 0 aromatic heterocycles. The van der Waals surface area contributed by atoms with Crippen molar-refractivity contribution in [2.45, 2.75) is 38.6 Å². The van der Waals surface area contributed by atoms with E-state index in [1.807, 2.05) is 42.2 Å². The summed E-state index contributed by atoms with van der Waals surface area (Å²) in [5.41, 5.74) is 1.09. The highest BCUT2D eigenvalue weighted by Gasteiger charge is 2.27. The van der Waals surface area contributed by atoms with Crippen molar-refractivity contribution in [3.05, 3.63) is 35.9 Å². The molecule has 2 rings (SSSR count). The maximum Gasteiger partial charge on any atom is 0.317 e. The Kier molecular flexibility index (Phi) is 5.81. The molecule has 1 aliphatic rings. The van der Waals surface area contributed by atoms with Gasteiger partial charge in [-0.15, -0.1) is 0 Å². The van der Waals surface area contributed by atoms with E-state index in [9.17, 15) is 9.59 Å². The van der Waals surface area contributed by atoms with Crippen LogP contribution in [0.15, 0.2) is 30.3 Å². The molecular formula is C17H24N2O3. The van der Waals surface area contributed by atoms with Gasteiger partial charge in [-0.25, -0.2) is 4.79 Å². The normalized spacial score (nSPS) is 15.7. The standard InChI is InChI=1S/C17H24N2O3/c1-13(15-8-3-2-4-9-15)19(12-14-6-5-7-14)17(22)18-11-10-16(20)21/h2-4,8-9,13-14H,5-7,10-12H2,1H3,(H,18,22)(H,20,21). The zero-order valence-electron chi connectivity index (χ0n) is 13.0. The summed E-state index contributed by atoms with van der Waals surface area (Å²) in [6.07, 6.45) is 3.52. The SMILES string of the molecule is CC(c1ccccc1)N(CC1CCC1)C(=O)NCCC(=O)O. The van der Waals surface area contributed by atoms with Crippen LogP contribution < -0.4 is 5.32 Å². The maximum absolute atomic E-state index is 12.4. The molecule has 0 heterocycles. The number of benzene rings is 1. The number of nitrogens with one attached hydrogen (secondary N) is 1. The molecule has 120 valence electrons. The van der Waals surface area contributed by atoms with Crippen molar-refractivity contribution >= 4 is 12.0 Å². The molecule has 1 saturated carbocycles. The molecular weight excluding hydrogens is 280 g/mol. The van der Waals surface area contributed by atoms with Crippen LogP contribution in [0.4, 0.5) is 4.79 Å². The molecule has 1 aromatic carbocycles. The fourth-order valence-corrected chi connectivity index (χ4v) is 2.66. The van der Waals surface area contributed by atoms with Crippen LogP contribution in [-0.4, -0.2) is 35.1 Å². The maximum atomic E-state index is 12.4. The molecule has 1 aromatic rings. The Morgan fingerprint density at radius 2 is 2.00 bits per heavy atom. The van der Waals surface area contributed by atoms with Gasteiger partial charge in [0, 0.05) is 13.1 Å². The molecule has 1 aliphatic carbocycles. The average molecular weight is 304 g/mol. The molecule has 1 fully saturated rings. The number of carbonyl (C=O) groups is 2. The third-order valence-corrected chi connectivity index (χ3v) is 4.31. The monoisotopic (exact) mass is 304 g/mol. The minimum Gasteiger partial charge on any atom is -0.481 e. The zero-order chi connectivity index (χ0) is 15.9. The smallest absolute Gasteiger partial charge is 0.317 e. The first-order chi connectivity index (χ1) is 10.6. The predicted molar refractivity (Wildman–Crippen MR) is 84.6 cm³/mol. The number of hydrogen-bond acceptors (Lipinski definition) is 2. The van der Waals surface area contributed by atoms with Crippen molar-refractivity contribution in [1.29, 1.82) is 0 Å². The Morgan fingerprint density at radius 3 is 2.55 bits per heavy atom. The summed E-state index contributed by atoms with van der Waals surface area (Å²) in [6.45, 7) is 2.91. The van der Waals surface area contributed by atoms with E-state index in [4.69, 9.17) is 5.11 Å². The minimum absolute atomic E-state index is 0.0216. The molecule has 0 bridgehead atoms. The number of nitrogens with zero attached hydrogens (tertiary/aromatic N) is 1. The van der Waals surface area contributed by atoms with Crippen molar-refractivity contribution in [3.8, 4) is 0 Å². The largest absolute Gasteiger partial charge is 0.481 e. The minimum atomic E-state index is -0.901. The molecule has 22 heavy (non-hydrogen) atoms. The van der Waals surface area contributed by atoms with Crippen LogP contribution in [0.2, 0.25) is 0 Å². The molecule has 0 saturated heterocycles. The van der Waals surface area contributed by atoms with Crippen LogP contribution in [0.3, 0.4) is 0 Å². The van der Waals surface area contributed by atoms with E-state index in [1.165, 1.54) is 19.3 Å². The Labute approximate surface area is 131 Å². The number of carboxylic acid groups (broad SMARTS) is 1. The molecule has 0 radical (unpaired) electrons. The Balaban J connectivity index is 2.01. The summed E-state index contributed by atoms with van der Waals surface area (Å²) in [6, 6.07) is 9.73. The summed E-state index contributed by atoms with van der Waals surface area (Å²) >= 11 is 0. The first-order valence-corrected chi connectivity index (χ1v) is 7.89. The Morgan fingerprint density at radius 1 is 1.32 bits per heavy atom. The van der Waals surface area contributed by atoms with E-state index in [2.05, 4.69) is 5.32 Å². The van der Waals surface area contributed by atoms with Crippen molar-refractivity contribution in [1.82, 2.24) is 10.2 Å². The second kappa shape index (κ2) is 7.82. The third-order valence-electron chi connectivity index (χ3n) is 4.31. The van der Waals surface area contributed by atoms with Gasteiger partial charge >= 0.3 is 12.0 Å². The molecule has 1 atom stereocenters. The van der Waals surface area contributed by atoms with Gasteiger partial charge in [-0.2, -0.15) is 0 Å². The van der Waals surface area contributed by atoms with E-state index in [0.29, 0.717) is 5.92 Å². The van der Waals surface area contributed by atoms with E-state index >= 15 is 0 Å². The summed E-state index contributed by atoms with van der Waals surface area (Å²) < 4.78 is 0. The second-order valence-corrected chi connectivity index (χ2v) is 5.91. The number of hydrogen-bond donors (Lipinski definition) is 2. The number of carboxylic acids is 1. The summed E-state index contributed by atoms with van der Waals surface area (Å²) in [4.78, 5) is 24.8. The molecule has 1 unspecified atom stereocenters. The number of carbonyl (C=O) groups excluding carboxylic acids is 1. The van der Waals surface area contributed by atoms with Gasteiger partial charge in [0.15, 0.2) is 0 Å². The molecule has 2 N–H and O–H groups in total. The van der Waals surface area contributed by atoms with Gasteiger partial charge in [0.25, 0.3) is 0 Å². The number of urea groups is 1. The molecule has 5 nitrogen and oxygen atoms in total. The van der Waals surface area contributed by atoms with Crippen LogP contribution in [0.25, 0.3) is 0 Å². The lowest BCUT2D eigenvalue weighted by Gasteiger charge is -2.36. The number of rotatable bonds is 7. The van der Waals surface area contributed by atoms with Crippen LogP contribution in [0.1, 0.15) is 44.2 Å². The fraction of sp³-hybridized carbons (Fsp3) is 0.529. The topological polar surface area (TPSA) is 69.6 Å². The van der Waals surface area contributed by atoms with Gasteiger partial charge in [0.2, 0.25) is 0 Å². The first-order valence-electron chi connectivity index (χ1n) is 7.89. The van der Waals surface area contributed by atoms with E-state index in [-0.39, 0.29) is 25.0 Å². The number of aliphatic carboxylic acids is 1. The summed E-state index contributed by atoms with van der Waals surface area (Å²) in [7, 11) is 0. The average Bonchev–Trinajstić information content (AvgIpc) is 2.46. The highest BCUT2D eigenvalue weighted by Crippen LogP contribution is 2.30. The van der Waals surface area contributed by atoms with Crippen molar-refractivity contribution in [3.63, 3.8) is 0 Å². The van der Waals surface area contributed by atoms with E-state index < -0.39 is 5.97 Å². The lowest BCUT2D eigenvalue weighted by atomic mass is 9.84. The lowest BCUT2D eigenvalue weighted by molar-refractivity contribution is -0.136. The first kappa shape index (κ1) is 16.3. The molecule has 0 aliphatic heterocycles. The highest BCUT2D eigenvalue weighted by atomic mass is 16.4. The van der Waals surface area contributed by atoms with Gasteiger partial charge in [-0.05, 0) is 31.2 Å². The third kappa shape index (κ3) is 4.48. The summed E-state index contributed by atoms with van der Waals surface area (Å²) in [5, 5.41) is 11.4. The summed E-state index contributed by atoms with van der Waals surface area (Å²) in [5.74, 6) is -0.335. The molecule has 2 amide bonds. The van der Waals surface area contributed by atoms with Crippen LogP contribution in [0.5, 0.6) is 0 Å². The van der Waals surface area contributed by atoms with Crippen LogP contribution in [0, 0.1) is 5.92 Å². The van der Waals surface area contributed by atoms with Crippen molar-refractivity contribution in [2.75, 3.05) is 13.1 Å². The quantitative estimate of drug-likeness (QED) is 0.813. The fourth-order valence-electron chi connectivity index (χ4n) is 2.66. The van der Waals surface area contributed by atoms with Crippen LogP contribution >= 0.6 is 0 Å². The molecule has 0 spiro atoms. The Bertz CT molecular complexity index is 500. The highest BCUT2D eigenvalue weighted by molar-refractivity contribution is 5.75. The van der Waals surface area contributed by atoms with Crippen molar-refractivity contribution < 1.29 is 14.7 Å².